The summed E-state index contributed by atoms with van der Waals surface area (Å²) < 4.78 is 13.9. The Bertz CT molecular complexity index is 894. The van der Waals surface area contributed by atoms with Crippen molar-refractivity contribution in [2.45, 2.75) is 6.42 Å². The maximum absolute atomic E-state index is 13.9. The molecule has 9 heteroatoms. The molecule has 1 aliphatic heterocycles. The van der Waals surface area contributed by atoms with Crippen LogP contribution in [0.25, 0.3) is 6.08 Å². The van der Waals surface area contributed by atoms with E-state index in [2.05, 4.69) is 20.3 Å². The van der Waals surface area contributed by atoms with E-state index < -0.39 is 5.82 Å². The first-order chi connectivity index (χ1) is 13.5. The number of carbonyl (C=O) groups excluding carboxylic acids is 1. The standard InChI is InChI=1S/C19H20ClFN6O/c20-19-25-8-15(21)18(26-19)27-9-13-12(14(13)10-27)5-6-23-17(28)4-2-11-1-3-16(22)24-7-11/h1-4,7-8,12-14H,5-6,9-10H2,(H2,22,24)(H,23,28)/b4-2+. The summed E-state index contributed by atoms with van der Waals surface area (Å²) in [7, 11) is 0. The highest BCUT2D eigenvalue weighted by atomic mass is 35.5. The van der Waals surface area contributed by atoms with Crippen molar-refractivity contribution >= 4 is 35.2 Å². The summed E-state index contributed by atoms with van der Waals surface area (Å²) in [6, 6.07) is 3.49. The molecule has 2 unspecified atom stereocenters. The van der Waals surface area contributed by atoms with Crippen LogP contribution in [0.3, 0.4) is 0 Å². The van der Waals surface area contributed by atoms with Crippen molar-refractivity contribution in [3.05, 3.63) is 47.3 Å². The molecule has 2 aromatic heterocycles. The molecule has 1 saturated heterocycles. The van der Waals surface area contributed by atoms with Gasteiger partial charge in [-0.3, -0.25) is 4.79 Å². The van der Waals surface area contributed by atoms with Gasteiger partial charge in [-0.15, -0.1) is 0 Å². The van der Waals surface area contributed by atoms with E-state index in [9.17, 15) is 9.18 Å². The fourth-order valence-electron chi connectivity index (χ4n) is 3.92. The van der Waals surface area contributed by atoms with Gasteiger partial charge in [0.25, 0.3) is 0 Å². The highest BCUT2D eigenvalue weighted by Crippen LogP contribution is 2.54. The van der Waals surface area contributed by atoms with Crippen LogP contribution in [0.15, 0.2) is 30.6 Å². The number of anilines is 2. The molecular formula is C19H20ClFN6O. The summed E-state index contributed by atoms with van der Waals surface area (Å²) in [5.74, 6) is 1.73. The average molecular weight is 403 g/mol. The van der Waals surface area contributed by atoms with Crippen molar-refractivity contribution in [1.82, 2.24) is 20.3 Å². The number of amides is 1. The molecule has 1 amide bonds. The molecule has 1 aliphatic carbocycles. The Morgan fingerprint density at radius 3 is 2.82 bits per heavy atom. The Balaban J connectivity index is 1.19. The van der Waals surface area contributed by atoms with Crippen molar-refractivity contribution in [3.63, 3.8) is 0 Å². The van der Waals surface area contributed by atoms with Crippen LogP contribution in [0.5, 0.6) is 0 Å². The van der Waals surface area contributed by atoms with E-state index in [0.717, 1.165) is 31.3 Å². The van der Waals surface area contributed by atoms with Gasteiger partial charge in [0.2, 0.25) is 11.2 Å². The fraction of sp³-hybridized carbons (Fsp3) is 0.368. The van der Waals surface area contributed by atoms with E-state index in [1.54, 1.807) is 24.4 Å². The van der Waals surface area contributed by atoms with Gasteiger partial charge in [-0.05, 0) is 59.5 Å². The molecule has 7 nitrogen and oxygen atoms in total. The van der Waals surface area contributed by atoms with Crippen molar-refractivity contribution in [3.8, 4) is 0 Å². The van der Waals surface area contributed by atoms with E-state index in [4.69, 9.17) is 17.3 Å². The summed E-state index contributed by atoms with van der Waals surface area (Å²) in [6.45, 7) is 2.14. The van der Waals surface area contributed by atoms with Crippen molar-refractivity contribution in [2.75, 3.05) is 30.3 Å². The van der Waals surface area contributed by atoms with Gasteiger partial charge in [-0.1, -0.05) is 0 Å². The second-order valence-electron chi connectivity index (χ2n) is 7.14. The normalized spacial score (nSPS) is 23.1. The number of aromatic nitrogens is 3. The van der Waals surface area contributed by atoms with Gasteiger partial charge in [-0.25, -0.2) is 14.4 Å². The lowest BCUT2D eigenvalue weighted by Gasteiger charge is -2.21. The van der Waals surface area contributed by atoms with Crippen LogP contribution in [-0.4, -0.2) is 40.5 Å². The molecule has 1 saturated carbocycles. The van der Waals surface area contributed by atoms with Crippen LogP contribution in [0, 0.1) is 23.6 Å². The molecule has 2 fully saturated rings. The number of rotatable bonds is 6. The summed E-state index contributed by atoms with van der Waals surface area (Å²) in [5, 5.41) is 2.96. The Labute approximate surface area is 166 Å². The Hall–Kier alpha value is -2.74. The SMILES string of the molecule is Nc1ccc(/C=C/C(=O)NCCC2C3CN(c4nc(Cl)ncc4F)CC23)cn1. The summed E-state index contributed by atoms with van der Waals surface area (Å²) >= 11 is 5.77. The number of hydrogen-bond acceptors (Lipinski definition) is 6. The van der Waals surface area contributed by atoms with Crippen molar-refractivity contribution in [2.24, 2.45) is 17.8 Å². The highest BCUT2D eigenvalue weighted by molar-refractivity contribution is 6.28. The zero-order valence-electron chi connectivity index (χ0n) is 15.1. The molecule has 3 heterocycles. The van der Waals surface area contributed by atoms with Crippen molar-refractivity contribution in [1.29, 1.82) is 0 Å². The van der Waals surface area contributed by atoms with E-state index in [1.165, 1.54) is 6.08 Å². The van der Waals surface area contributed by atoms with Gasteiger partial charge >= 0.3 is 0 Å². The monoisotopic (exact) mass is 402 g/mol. The van der Waals surface area contributed by atoms with Crippen LogP contribution in [0.1, 0.15) is 12.0 Å². The number of pyridine rings is 1. The Morgan fingerprint density at radius 1 is 1.32 bits per heavy atom. The summed E-state index contributed by atoms with van der Waals surface area (Å²) in [6.07, 6.45) is 6.83. The van der Waals surface area contributed by atoms with Crippen LogP contribution in [-0.2, 0) is 4.79 Å². The Morgan fingerprint density at radius 2 is 2.11 bits per heavy atom. The number of nitrogen functional groups attached to an aromatic ring is 1. The third-order valence-electron chi connectivity index (χ3n) is 5.38. The molecule has 146 valence electrons. The highest BCUT2D eigenvalue weighted by Gasteiger charge is 2.55. The van der Waals surface area contributed by atoms with E-state index >= 15 is 0 Å². The number of piperidine rings is 1. The first-order valence-electron chi connectivity index (χ1n) is 9.11. The number of fused-ring (bicyclic) bond motifs is 1. The van der Waals surface area contributed by atoms with Crippen molar-refractivity contribution < 1.29 is 9.18 Å². The summed E-state index contributed by atoms with van der Waals surface area (Å²) in [4.78, 5) is 25.5. The average Bonchev–Trinajstić information content (AvgIpc) is 3.12. The van der Waals surface area contributed by atoms with Gasteiger partial charge in [0.05, 0.1) is 6.20 Å². The van der Waals surface area contributed by atoms with E-state index in [0.29, 0.717) is 30.1 Å². The maximum atomic E-state index is 13.9. The molecule has 2 aliphatic rings. The number of nitrogens with one attached hydrogen (secondary N) is 1. The largest absolute Gasteiger partial charge is 0.384 e. The van der Waals surface area contributed by atoms with Gasteiger partial charge < -0.3 is 16.0 Å². The molecule has 28 heavy (non-hydrogen) atoms. The second-order valence-corrected chi connectivity index (χ2v) is 7.47. The molecule has 0 bridgehead atoms. The lowest BCUT2D eigenvalue weighted by molar-refractivity contribution is -0.116. The molecule has 0 spiro atoms. The minimum absolute atomic E-state index is 0.0547. The summed E-state index contributed by atoms with van der Waals surface area (Å²) in [5.41, 5.74) is 6.35. The molecule has 2 atom stereocenters. The molecule has 4 rings (SSSR count). The van der Waals surface area contributed by atoms with E-state index in [-0.39, 0.29) is 17.0 Å². The molecule has 0 aromatic carbocycles. The van der Waals surface area contributed by atoms with Gasteiger partial charge in [0, 0.05) is 31.9 Å². The van der Waals surface area contributed by atoms with Gasteiger partial charge in [0.15, 0.2) is 11.6 Å². The molecular weight excluding hydrogens is 383 g/mol. The lowest BCUT2D eigenvalue weighted by atomic mass is 10.2. The third kappa shape index (κ3) is 4.06. The first kappa shape index (κ1) is 18.6. The maximum Gasteiger partial charge on any atom is 0.244 e. The number of halogens is 2. The second kappa shape index (κ2) is 7.71. The number of nitrogens with zero attached hydrogens (tertiary/aromatic N) is 4. The van der Waals surface area contributed by atoms with Crippen LogP contribution in [0.2, 0.25) is 5.28 Å². The topological polar surface area (TPSA) is 97.0 Å². The predicted molar refractivity (Wildman–Crippen MR) is 105 cm³/mol. The molecule has 0 radical (unpaired) electrons. The molecule has 2 aromatic rings. The smallest absolute Gasteiger partial charge is 0.244 e. The predicted octanol–water partition coefficient (Wildman–Crippen LogP) is 2.15. The minimum atomic E-state index is -0.447. The Kier molecular flexibility index (Phi) is 5.13. The minimum Gasteiger partial charge on any atom is -0.384 e. The number of carbonyl (C=O) groups is 1. The number of hydrogen-bond donors (Lipinski definition) is 2. The van der Waals surface area contributed by atoms with Crippen LogP contribution < -0.4 is 16.0 Å². The van der Waals surface area contributed by atoms with Crippen LogP contribution in [0.4, 0.5) is 16.0 Å². The lowest BCUT2D eigenvalue weighted by Crippen LogP contribution is -2.28. The number of nitrogens with two attached hydrogens (primary N) is 1. The first-order valence-corrected chi connectivity index (χ1v) is 9.49. The zero-order chi connectivity index (χ0) is 19.7. The van der Waals surface area contributed by atoms with Gasteiger partial charge in [0.1, 0.15) is 5.82 Å². The fourth-order valence-corrected chi connectivity index (χ4v) is 4.05. The van der Waals surface area contributed by atoms with E-state index in [1.807, 2.05) is 4.90 Å². The molecule has 3 N–H and O–H groups in total. The third-order valence-corrected chi connectivity index (χ3v) is 5.56. The van der Waals surface area contributed by atoms with Gasteiger partial charge in [-0.2, -0.15) is 4.98 Å². The quantitative estimate of drug-likeness (QED) is 0.567. The van der Waals surface area contributed by atoms with Crippen LogP contribution >= 0.6 is 11.6 Å². The zero-order valence-corrected chi connectivity index (χ0v) is 15.8.